The maximum Gasteiger partial charge on any atom is 0.224 e. The molecule has 0 aromatic heterocycles. The minimum Gasteiger partial charge on any atom is -0.352 e. The number of benzene rings is 1. The summed E-state index contributed by atoms with van der Waals surface area (Å²) in [5.74, 6) is 1.35. The topological polar surface area (TPSA) is 41.1 Å². The van der Waals surface area contributed by atoms with Crippen LogP contribution in [0, 0.1) is 11.8 Å². The van der Waals surface area contributed by atoms with E-state index in [-0.39, 0.29) is 5.91 Å². The summed E-state index contributed by atoms with van der Waals surface area (Å²) in [4.78, 5) is 11.9. The second-order valence-electron chi connectivity index (χ2n) is 5.00. The third-order valence-electron chi connectivity index (χ3n) is 3.77. The zero-order valence-corrected chi connectivity index (χ0v) is 11.3. The van der Waals surface area contributed by atoms with Crippen molar-refractivity contribution in [3.8, 4) is 0 Å². The molecule has 3 nitrogen and oxygen atoms in total. The van der Waals surface area contributed by atoms with Gasteiger partial charge >= 0.3 is 0 Å². The van der Waals surface area contributed by atoms with Gasteiger partial charge in [-0.2, -0.15) is 0 Å². The Labute approximate surface area is 116 Å². The number of piperidine rings is 1. The summed E-state index contributed by atoms with van der Waals surface area (Å²) >= 11 is 11.8. The van der Waals surface area contributed by atoms with E-state index < -0.39 is 0 Å². The van der Waals surface area contributed by atoms with E-state index in [1.165, 1.54) is 0 Å². The van der Waals surface area contributed by atoms with Gasteiger partial charge in [0.05, 0.1) is 16.5 Å². The predicted octanol–water partition coefficient (Wildman–Crippen LogP) is 1.87. The van der Waals surface area contributed by atoms with Gasteiger partial charge in [-0.1, -0.05) is 29.3 Å². The molecule has 2 atom stereocenters. The summed E-state index contributed by atoms with van der Waals surface area (Å²) in [5, 5.41) is 7.40. The Hall–Kier alpha value is -0.770. The number of amides is 1. The van der Waals surface area contributed by atoms with Crippen LogP contribution in [0.2, 0.25) is 10.0 Å². The molecule has 1 amide bonds. The van der Waals surface area contributed by atoms with Crippen LogP contribution in [0.4, 0.5) is 0 Å². The van der Waals surface area contributed by atoms with E-state index in [1.807, 2.05) is 6.07 Å². The van der Waals surface area contributed by atoms with Crippen LogP contribution in [0.15, 0.2) is 18.2 Å². The lowest BCUT2D eigenvalue weighted by Gasteiger charge is -2.08. The van der Waals surface area contributed by atoms with E-state index in [0.29, 0.717) is 34.3 Å². The van der Waals surface area contributed by atoms with Gasteiger partial charge in [0.25, 0.3) is 0 Å². The average molecular weight is 285 g/mol. The Morgan fingerprint density at radius 3 is 2.67 bits per heavy atom. The molecule has 1 aliphatic carbocycles. The summed E-state index contributed by atoms with van der Waals surface area (Å²) in [6, 6.07) is 5.69. The van der Waals surface area contributed by atoms with Crippen molar-refractivity contribution in [3.63, 3.8) is 0 Å². The molecule has 2 N–H and O–H groups in total. The highest BCUT2D eigenvalue weighted by Crippen LogP contribution is 2.41. The summed E-state index contributed by atoms with van der Waals surface area (Å²) in [7, 11) is 0. The summed E-state index contributed by atoms with van der Waals surface area (Å²) in [5.41, 5.74) is 0.894. The minimum absolute atomic E-state index is 0.0628. The molecule has 1 heterocycles. The van der Waals surface area contributed by atoms with Gasteiger partial charge in [-0.25, -0.2) is 0 Å². The van der Waals surface area contributed by atoms with Gasteiger partial charge in [-0.15, -0.1) is 0 Å². The molecular formula is C13H14Cl2N2O. The van der Waals surface area contributed by atoms with Gasteiger partial charge in [0.15, 0.2) is 0 Å². The lowest BCUT2D eigenvalue weighted by molar-refractivity contribution is -0.120. The van der Waals surface area contributed by atoms with Gasteiger partial charge in [0.2, 0.25) is 5.91 Å². The summed E-state index contributed by atoms with van der Waals surface area (Å²) in [6.07, 6.45) is 0.361. The quantitative estimate of drug-likeness (QED) is 0.890. The zero-order chi connectivity index (χ0) is 12.7. The van der Waals surface area contributed by atoms with Crippen molar-refractivity contribution >= 4 is 29.1 Å². The molecule has 2 unspecified atom stereocenters. The third-order valence-corrected chi connectivity index (χ3v) is 4.51. The van der Waals surface area contributed by atoms with E-state index in [4.69, 9.17) is 23.2 Å². The lowest BCUT2D eigenvalue weighted by atomic mass is 10.1. The van der Waals surface area contributed by atoms with Gasteiger partial charge in [-0.3, -0.25) is 4.79 Å². The maximum atomic E-state index is 11.9. The molecule has 5 heteroatoms. The first-order valence-electron chi connectivity index (χ1n) is 6.09. The van der Waals surface area contributed by atoms with E-state index in [0.717, 1.165) is 18.7 Å². The van der Waals surface area contributed by atoms with Crippen molar-refractivity contribution in [2.75, 3.05) is 13.1 Å². The van der Waals surface area contributed by atoms with Crippen LogP contribution in [0.5, 0.6) is 0 Å². The van der Waals surface area contributed by atoms with Crippen LogP contribution < -0.4 is 10.6 Å². The van der Waals surface area contributed by atoms with E-state index in [1.54, 1.807) is 12.1 Å². The number of halogens is 2. The number of hydrogen-bond acceptors (Lipinski definition) is 2. The first-order chi connectivity index (χ1) is 8.65. The highest BCUT2D eigenvalue weighted by molar-refractivity contribution is 6.42. The second-order valence-corrected chi connectivity index (χ2v) is 5.82. The normalized spacial score (nSPS) is 28.9. The van der Waals surface area contributed by atoms with Crippen molar-refractivity contribution in [2.24, 2.45) is 11.8 Å². The van der Waals surface area contributed by atoms with E-state index >= 15 is 0 Å². The van der Waals surface area contributed by atoms with E-state index in [9.17, 15) is 4.79 Å². The molecule has 1 saturated heterocycles. The standard InChI is InChI=1S/C13H14Cl2N2O/c14-10-2-1-7(3-11(10)15)4-12(18)17-13-8-5-16-6-9(8)13/h1-3,8-9,13,16H,4-6H2,(H,17,18). The van der Waals surface area contributed by atoms with Crippen LogP contribution in [-0.4, -0.2) is 25.0 Å². The number of hydrogen-bond donors (Lipinski definition) is 2. The van der Waals surface area contributed by atoms with Crippen LogP contribution in [0.25, 0.3) is 0 Å². The highest BCUT2D eigenvalue weighted by atomic mass is 35.5. The number of carbonyl (C=O) groups excluding carboxylic acids is 1. The first-order valence-corrected chi connectivity index (χ1v) is 6.85. The molecule has 0 spiro atoms. The minimum atomic E-state index is 0.0628. The molecule has 1 aromatic rings. The predicted molar refractivity (Wildman–Crippen MR) is 71.9 cm³/mol. The van der Waals surface area contributed by atoms with Gasteiger partial charge in [-0.05, 0) is 29.5 Å². The van der Waals surface area contributed by atoms with Crippen LogP contribution >= 0.6 is 23.2 Å². The Bertz CT molecular complexity index is 482. The van der Waals surface area contributed by atoms with Crippen molar-refractivity contribution in [1.29, 1.82) is 0 Å². The molecule has 2 fully saturated rings. The first kappa shape index (κ1) is 12.3. The number of fused-ring (bicyclic) bond motifs is 1. The SMILES string of the molecule is O=C(Cc1ccc(Cl)c(Cl)c1)NC1C2CNCC21. The Balaban J connectivity index is 1.56. The van der Waals surface area contributed by atoms with Crippen molar-refractivity contribution in [1.82, 2.24) is 10.6 Å². The Morgan fingerprint density at radius 2 is 2.00 bits per heavy atom. The fraction of sp³-hybridized carbons (Fsp3) is 0.462. The molecule has 0 radical (unpaired) electrons. The van der Waals surface area contributed by atoms with Crippen LogP contribution in [0.3, 0.4) is 0 Å². The van der Waals surface area contributed by atoms with Gasteiger partial charge in [0, 0.05) is 19.1 Å². The van der Waals surface area contributed by atoms with Crippen molar-refractivity contribution < 1.29 is 4.79 Å². The second kappa shape index (κ2) is 4.72. The maximum absolute atomic E-state index is 11.9. The van der Waals surface area contributed by atoms with Gasteiger partial charge in [0.1, 0.15) is 0 Å². The molecule has 1 saturated carbocycles. The van der Waals surface area contributed by atoms with Crippen LogP contribution in [0.1, 0.15) is 5.56 Å². The fourth-order valence-electron chi connectivity index (χ4n) is 2.70. The zero-order valence-electron chi connectivity index (χ0n) is 9.75. The molecule has 96 valence electrons. The molecule has 2 aliphatic rings. The van der Waals surface area contributed by atoms with E-state index in [2.05, 4.69) is 10.6 Å². The van der Waals surface area contributed by atoms with Crippen molar-refractivity contribution in [3.05, 3.63) is 33.8 Å². The molecule has 1 aliphatic heterocycles. The lowest BCUT2D eigenvalue weighted by Crippen LogP contribution is -2.33. The molecule has 18 heavy (non-hydrogen) atoms. The molecule has 0 bridgehead atoms. The highest BCUT2D eigenvalue weighted by Gasteiger charge is 2.53. The molecular weight excluding hydrogens is 271 g/mol. The molecule has 1 aromatic carbocycles. The monoisotopic (exact) mass is 284 g/mol. The third kappa shape index (κ3) is 2.35. The fourth-order valence-corrected chi connectivity index (χ4v) is 3.03. The van der Waals surface area contributed by atoms with Crippen LogP contribution in [-0.2, 0) is 11.2 Å². The average Bonchev–Trinajstić information content (AvgIpc) is 2.76. The smallest absolute Gasteiger partial charge is 0.224 e. The summed E-state index contributed by atoms with van der Waals surface area (Å²) in [6.45, 7) is 2.06. The number of carbonyl (C=O) groups is 1. The largest absolute Gasteiger partial charge is 0.352 e. The number of nitrogens with one attached hydrogen (secondary N) is 2. The Morgan fingerprint density at radius 1 is 1.28 bits per heavy atom. The number of rotatable bonds is 3. The Kier molecular flexibility index (Phi) is 3.22. The van der Waals surface area contributed by atoms with Gasteiger partial charge < -0.3 is 10.6 Å². The summed E-state index contributed by atoms with van der Waals surface area (Å²) < 4.78 is 0. The van der Waals surface area contributed by atoms with Crippen molar-refractivity contribution in [2.45, 2.75) is 12.5 Å². The molecule has 3 rings (SSSR count).